The van der Waals surface area contributed by atoms with E-state index in [0.717, 1.165) is 22.3 Å². The topological polar surface area (TPSA) is 95.9 Å². The van der Waals surface area contributed by atoms with Crippen LogP contribution >= 0.6 is 0 Å². The van der Waals surface area contributed by atoms with Crippen LogP contribution in [0.1, 0.15) is 67.2 Å². The summed E-state index contributed by atoms with van der Waals surface area (Å²) >= 11 is 0. The Kier molecular flexibility index (Phi) is 9.27. The van der Waals surface area contributed by atoms with Crippen molar-refractivity contribution >= 4 is 45.1 Å². The van der Waals surface area contributed by atoms with Gasteiger partial charge < -0.3 is 19.6 Å². The number of piperidine rings is 2. The van der Waals surface area contributed by atoms with Crippen LogP contribution < -0.4 is 9.80 Å². The largest absolute Gasteiger partial charge is 0.478 e. The number of pyridine rings is 2. The number of halogens is 2. The van der Waals surface area contributed by atoms with Crippen molar-refractivity contribution in [1.29, 1.82) is 0 Å². The molecule has 0 bridgehead atoms. The Labute approximate surface area is 255 Å². The number of benzene rings is 2. The Balaban J connectivity index is 0.000000177. The first-order valence-corrected chi connectivity index (χ1v) is 15.0. The molecule has 2 aromatic heterocycles. The van der Waals surface area contributed by atoms with Crippen molar-refractivity contribution in [2.45, 2.75) is 64.4 Å². The number of carboxylic acid groups (broad SMARTS) is 1. The van der Waals surface area contributed by atoms with E-state index >= 15 is 0 Å². The number of hydrogen-bond donors (Lipinski definition) is 1. The molecule has 4 aromatic rings. The summed E-state index contributed by atoms with van der Waals surface area (Å²) in [6.07, 6.45) is 3.83. The molecular formula is C34H38F2N4O4. The number of carbonyl (C=O) groups excluding carboxylic acids is 1. The maximum atomic E-state index is 13.4. The van der Waals surface area contributed by atoms with Crippen LogP contribution in [-0.4, -0.2) is 71.1 Å². The first-order valence-electron chi connectivity index (χ1n) is 15.0. The fraction of sp³-hybridized carbons (Fsp3) is 0.412. The van der Waals surface area contributed by atoms with Crippen molar-refractivity contribution in [2.24, 2.45) is 0 Å². The quantitative estimate of drug-likeness (QED) is 0.249. The van der Waals surface area contributed by atoms with E-state index in [1.54, 1.807) is 12.3 Å². The predicted octanol–water partition coefficient (Wildman–Crippen LogP) is 7.00. The normalized spacial score (nSPS) is 16.5. The van der Waals surface area contributed by atoms with Crippen LogP contribution in [-0.2, 0) is 4.74 Å². The predicted molar refractivity (Wildman–Crippen MR) is 168 cm³/mol. The molecule has 2 aliphatic heterocycles. The number of aromatic carboxylic acids is 1. The molecule has 8 nitrogen and oxygen atoms in total. The van der Waals surface area contributed by atoms with Crippen molar-refractivity contribution in [1.82, 2.24) is 9.97 Å². The lowest BCUT2D eigenvalue weighted by atomic mass is 10.0. The molecular weight excluding hydrogens is 566 g/mol. The zero-order chi connectivity index (χ0) is 31.4. The monoisotopic (exact) mass is 604 g/mol. The third-order valence-electron chi connectivity index (χ3n) is 7.88. The molecule has 1 N–H and O–H groups in total. The third-order valence-corrected chi connectivity index (χ3v) is 7.88. The van der Waals surface area contributed by atoms with Gasteiger partial charge in [-0.1, -0.05) is 0 Å². The van der Waals surface area contributed by atoms with E-state index in [1.807, 2.05) is 57.2 Å². The van der Waals surface area contributed by atoms with Crippen molar-refractivity contribution in [3.05, 3.63) is 72.1 Å². The van der Waals surface area contributed by atoms with E-state index in [1.165, 1.54) is 12.3 Å². The molecule has 2 saturated heterocycles. The molecule has 2 aromatic carbocycles. The van der Waals surface area contributed by atoms with Gasteiger partial charge in [-0.3, -0.25) is 9.97 Å². The minimum Gasteiger partial charge on any atom is -0.478 e. The molecule has 10 heteroatoms. The first kappa shape index (κ1) is 31.1. The summed E-state index contributed by atoms with van der Waals surface area (Å²) in [5.41, 5.74) is 3.55. The molecule has 2 aliphatic rings. The van der Waals surface area contributed by atoms with E-state index in [0.29, 0.717) is 68.3 Å². The van der Waals surface area contributed by atoms with Gasteiger partial charge in [0.05, 0.1) is 22.2 Å². The summed E-state index contributed by atoms with van der Waals surface area (Å²) in [5, 5.41) is 10.6. The summed E-state index contributed by atoms with van der Waals surface area (Å²) in [5.74, 6) is -1.31. The van der Waals surface area contributed by atoms with Gasteiger partial charge in [-0.05, 0) is 95.0 Å². The fourth-order valence-electron chi connectivity index (χ4n) is 5.57. The highest BCUT2D eigenvalue weighted by atomic mass is 19.1. The second kappa shape index (κ2) is 13.1. The fourth-order valence-corrected chi connectivity index (χ4v) is 5.57. The molecule has 232 valence electrons. The first-order chi connectivity index (χ1) is 21.0. The Hall–Kier alpha value is -4.34. The van der Waals surface area contributed by atoms with Crippen molar-refractivity contribution < 1.29 is 28.2 Å². The summed E-state index contributed by atoms with van der Waals surface area (Å²) < 4.78 is 32.0. The maximum Gasteiger partial charge on any atom is 0.339 e. The number of anilines is 2. The third kappa shape index (κ3) is 7.41. The Bertz CT molecular complexity index is 1640. The number of fused-ring (bicyclic) bond motifs is 2. The number of rotatable bonds is 4. The van der Waals surface area contributed by atoms with Gasteiger partial charge in [-0.2, -0.15) is 0 Å². The molecule has 2 fully saturated rings. The van der Waals surface area contributed by atoms with Crippen molar-refractivity contribution in [3.63, 3.8) is 0 Å². The van der Waals surface area contributed by atoms with E-state index in [9.17, 15) is 23.5 Å². The van der Waals surface area contributed by atoms with Gasteiger partial charge in [-0.15, -0.1) is 0 Å². The molecule has 44 heavy (non-hydrogen) atoms. The number of carbonyl (C=O) groups is 2. The van der Waals surface area contributed by atoms with Crippen LogP contribution in [0.5, 0.6) is 0 Å². The number of aromatic nitrogens is 2. The standard InChI is InChI=1S/C19H23FN2O2.C15H15FN2O2/c1-19(2,3)24-18(23)15-6-9-21-17-5-4-14(12-16(15)17)22-10-7-13(20)8-11-22;16-10-4-7-18(8-5-10)11-1-2-14-13(9-11)12(15(19)20)3-6-17-14/h4-6,9,12-13H,7-8,10-11H2,1-3H3;1-3,6,9-10H,4-5,7-8H2,(H,19,20). The van der Waals surface area contributed by atoms with Gasteiger partial charge in [-0.25, -0.2) is 18.4 Å². The number of alkyl halides is 2. The minimum atomic E-state index is -0.961. The molecule has 4 heterocycles. The second-order valence-electron chi connectivity index (χ2n) is 12.3. The Morgan fingerprint density at radius 3 is 1.61 bits per heavy atom. The van der Waals surface area contributed by atoms with Gasteiger partial charge in [0.15, 0.2) is 0 Å². The van der Waals surface area contributed by atoms with E-state index in [4.69, 9.17) is 4.74 Å². The molecule has 6 rings (SSSR count). The van der Waals surface area contributed by atoms with Gasteiger partial charge in [0.25, 0.3) is 0 Å². The van der Waals surface area contributed by atoms with E-state index in [-0.39, 0.29) is 11.5 Å². The highest BCUT2D eigenvalue weighted by molar-refractivity contribution is 6.04. The summed E-state index contributed by atoms with van der Waals surface area (Å²) in [6.45, 7) is 8.25. The highest BCUT2D eigenvalue weighted by Crippen LogP contribution is 2.29. The number of nitrogens with zero attached hydrogens (tertiary/aromatic N) is 4. The number of carboxylic acids is 1. The van der Waals surface area contributed by atoms with Crippen LogP contribution in [0.15, 0.2) is 60.9 Å². The van der Waals surface area contributed by atoms with Crippen LogP contribution in [0.3, 0.4) is 0 Å². The average molecular weight is 605 g/mol. The van der Waals surface area contributed by atoms with E-state index in [2.05, 4.69) is 19.8 Å². The zero-order valence-corrected chi connectivity index (χ0v) is 25.3. The number of ether oxygens (including phenoxy) is 1. The summed E-state index contributed by atoms with van der Waals surface area (Å²) in [4.78, 5) is 36.5. The molecule has 0 radical (unpaired) electrons. The highest BCUT2D eigenvalue weighted by Gasteiger charge is 2.23. The van der Waals surface area contributed by atoms with Gasteiger partial charge in [0.2, 0.25) is 0 Å². The Morgan fingerprint density at radius 1 is 0.750 bits per heavy atom. The molecule has 0 saturated carbocycles. The van der Waals surface area contributed by atoms with Crippen LogP contribution in [0.25, 0.3) is 21.8 Å². The number of esters is 1. The Morgan fingerprint density at radius 2 is 1.18 bits per heavy atom. The number of hydrogen-bond acceptors (Lipinski definition) is 7. The zero-order valence-electron chi connectivity index (χ0n) is 25.3. The molecule has 0 spiro atoms. The molecule has 0 amide bonds. The maximum absolute atomic E-state index is 13.4. The summed E-state index contributed by atoms with van der Waals surface area (Å²) in [7, 11) is 0. The second-order valence-corrected chi connectivity index (χ2v) is 12.3. The SMILES string of the molecule is CC(C)(C)OC(=O)c1ccnc2ccc(N3CCC(F)CC3)cc12.O=C(O)c1ccnc2ccc(N3CCC(F)CC3)cc12. The van der Waals surface area contributed by atoms with Crippen LogP contribution in [0.4, 0.5) is 20.2 Å². The van der Waals surface area contributed by atoms with Gasteiger partial charge >= 0.3 is 11.9 Å². The molecule has 0 unspecified atom stereocenters. The van der Waals surface area contributed by atoms with E-state index < -0.39 is 23.9 Å². The van der Waals surface area contributed by atoms with Crippen LogP contribution in [0.2, 0.25) is 0 Å². The molecule has 0 aliphatic carbocycles. The van der Waals surface area contributed by atoms with Crippen LogP contribution in [0, 0.1) is 0 Å². The molecule has 0 atom stereocenters. The lowest BCUT2D eigenvalue weighted by Crippen LogP contribution is -2.34. The van der Waals surface area contributed by atoms with Crippen molar-refractivity contribution in [3.8, 4) is 0 Å². The average Bonchev–Trinajstić information content (AvgIpc) is 3.00. The minimum absolute atomic E-state index is 0.247. The van der Waals surface area contributed by atoms with Gasteiger partial charge in [0.1, 0.15) is 17.9 Å². The smallest absolute Gasteiger partial charge is 0.339 e. The van der Waals surface area contributed by atoms with Gasteiger partial charge in [0, 0.05) is 60.7 Å². The summed E-state index contributed by atoms with van der Waals surface area (Å²) in [6, 6.07) is 14.6. The lowest BCUT2D eigenvalue weighted by Gasteiger charge is -2.30. The lowest BCUT2D eigenvalue weighted by molar-refractivity contribution is 0.00715. The van der Waals surface area contributed by atoms with Crippen molar-refractivity contribution in [2.75, 3.05) is 36.0 Å².